The first-order valence-electron chi connectivity index (χ1n) is 10.4. The maximum atomic E-state index is 12.4. The molecule has 0 aliphatic rings. The van der Waals surface area contributed by atoms with Crippen LogP contribution in [0.25, 0.3) is 11.1 Å². The molecule has 33 heavy (non-hydrogen) atoms. The van der Waals surface area contributed by atoms with Crippen LogP contribution in [-0.2, 0) is 6.42 Å². The van der Waals surface area contributed by atoms with Crippen molar-refractivity contribution >= 4 is 17.5 Å². The van der Waals surface area contributed by atoms with Gasteiger partial charge < -0.3 is 14.8 Å². The van der Waals surface area contributed by atoms with Crippen LogP contribution in [0, 0.1) is 0 Å². The molecule has 4 aromatic rings. The van der Waals surface area contributed by atoms with Crippen LogP contribution in [0.2, 0.25) is 5.02 Å². The fourth-order valence-corrected chi connectivity index (χ4v) is 3.28. The normalized spacial score (nSPS) is 10.5. The molecule has 0 saturated carbocycles. The molecule has 0 aliphatic heterocycles. The lowest BCUT2D eigenvalue weighted by Crippen LogP contribution is -2.25. The number of nitrogens with one attached hydrogen (secondary N) is 1. The Morgan fingerprint density at radius 3 is 2.12 bits per heavy atom. The van der Waals surface area contributed by atoms with Crippen molar-refractivity contribution in [3.63, 3.8) is 0 Å². The third-order valence-corrected chi connectivity index (χ3v) is 5.24. The molecule has 1 amide bonds. The maximum absolute atomic E-state index is 12.4. The SMILES string of the molecule is COc1ccc(Oc2ncc(-c3ccc(C(=O)NCCc4ccc(Cl)cc4)cc3)cn2)cc1. The Bertz CT molecular complexity index is 1190. The lowest BCUT2D eigenvalue weighted by molar-refractivity contribution is 0.0954. The van der Waals surface area contributed by atoms with Crippen LogP contribution in [0.3, 0.4) is 0 Å². The number of ether oxygens (including phenoxy) is 2. The van der Waals surface area contributed by atoms with Crippen molar-refractivity contribution in [2.45, 2.75) is 6.42 Å². The van der Waals surface area contributed by atoms with E-state index in [2.05, 4.69) is 15.3 Å². The number of benzene rings is 3. The van der Waals surface area contributed by atoms with Gasteiger partial charge in [-0.05, 0) is 66.1 Å². The van der Waals surface area contributed by atoms with Gasteiger partial charge in [0.2, 0.25) is 0 Å². The quantitative estimate of drug-likeness (QED) is 0.373. The predicted octanol–water partition coefficient (Wildman–Crippen LogP) is 5.57. The fraction of sp³-hybridized carbons (Fsp3) is 0.115. The zero-order valence-corrected chi connectivity index (χ0v) is 18.8. The van der Waals surface area contributed by atoms with Crippen molar-refractivity contribution < 1.29 is 14.3 Å². The number of halogens is 1. The molecule has 0 spiro atoms. The van der Waals surface area contributed by atoms with Gasteiger partial charge in [0.15, 0.2) is 0 Å². The van der Waals surface area contributed by atoms with E-state index < -0.39 is 0 Å². The second-order valence-electron chi connectivity index (χ2n) is 7.24. The summed E-state index contributed by atoms with van der Waals surface area (Å²) in [4.78, 5) is 21.0. The number of carbonyl (C=O) groups excluding carboxylic acids is 1. The van der Waals surface area contributed by atoms with Crippen LogP contribution in [0.4, 0.5) is 0 Å². The summed E-state index contributed by atoms with van der Waals surface area (Å²) < 4.78 is 10.8. The van der Waals surface area contributed by atoms with Gasteiger partial charge >= 0.3 is 6.01 Å². The van der Waals surface area contributed by atoms with Crippen LogP contribution in [-0.4, -0.2) is 29.5 Å². The summed E-state index contributed by atoms with van der Waals surface area (Å²) in [6.45, 7) is 0.547. The minimum Gasteiger partial charge on any atom is -0.497 e. The molecule has 4 rings (SSSR count). The summed E-state index contributed by atoms with van der Waals surface area (Å²) in [5.41, 5.74) is 3.44. The number of nitrogens with zero attached hydrogens (tertiary/aromatic N) is 2. The molecular weight excluding hydrogens is 438 g/mol. The second-order valence-corrected chi connectivity index (χ2v) is 7.68. The van der Waals surface area contributed by atoms with Crippen molar-refractivity contribution in [1.29, 1.82) is 0 Å². The minimum atomic E-state index is -0.116. The predicted molar refractivity (Wildman–Crippen MR) is 128 cm³/mol. The molecule has 3 aromatic carbocycles. The first-order chi connectivity index (χ1) is 16.1. The summed E-state index contributed by atoms with van der Waals surface area (Å²) in [7, 11) is 1.61. The molecule has 0 saturated heterocycles. The summed E-state index contributed by atoms with van der Waals surface area (Å²) in [5.74, 6) is 1.25. The molecule has 0 bridgehead atoms. The van der Waals surface area contributed by atoms with Gasteiger partial charge in [-0.3, -0.25) is 4.79 Å². The van der Waals surface area contributed by atoms with Crippen LogP contribution in [0.1, 0.15) is 15.9 Å². The summed E-state index contributed by atoms with van der Waals surface area (Å²) in [6.07, 6.45) is 4.11. The third kappa shape index (κ3) is 6.08. The average Bonchev–Trinajstić information content (AvgIpc) is 2.86. The molecule has 0 fully saturated rings. The number of rotatable bonds is 8. The molecule has 0 unspecified atom stereocenters. The van der Waals surface area contributed by atoms with Crippen molar-refractivity contribution in [2.24, 2.45) is 0 Å². The fourth-order valence-electron chi connectivity index (χ4n) is 3.15. The molecule has 1 aromatic heterocycles. The van der Waals surface area contributed by atoms with E-state index in [4.69, 9.17) is 21.1 Å². The molecule has 6 nitrogen and oxygen atoms in total. The van der Waals surface area contributed by atoms with E-state index >= 15 is 0 Å². The standard InChI is InChI=1S/C26H22ClN3O3/c1-32-23-10-12-24(13-11-23)33-26-29-16-21(17-30-26)19-4-6-20(7-5-19)25(31)28-15-14-18-2-8-22(27)9-3-18/h2-13,16-17H,14-15H2,1H3,(H,28,31). The molecule has 1 heterocycles. The molecule has 0 radical (unpaired) electrons. The van der Waals surface area contributed by atoms with Gasteiger partial charge in [0.05, 0.1) is 7.11 Å². The van der Waals surface area contributed by atoms with Crippen molar-refractivity contribution in [1.82, 2.24) is 15.3 Å². The average molecular weight is 460 g/mol. The molecule has 7 heteroatoms. The number of hydrogen-bond donors (Lipinski definition) is 1. The van der Waals surface area contributed by atoms with Gasteiger partial charge in [0.1, 0.15) is 11.5 Å². The summed E-state index contributed by atoms with van der Waals surface area (Å²) in [5, 5.41) is 3.64. The lowest BCUT2D eigenvalue weighted by Gasteiger charge is -2.08. The van der Waals surface area contributed by atoms with Crippen LogP contribution in [0.5, 0.6) is 17.5 Å². The van der Waals surface area contributed by atoms with Crippen LogP contribution >= 0.6 is 11.6 Å². The largest absolute Gasteiger partial charge is 0.497 e. The number of methoxy groups -OCH3 is 1. The van der Waals surface area contributed by atoms with E-state index in [9.17, 15) is 4.79 Å². The zero-order valence-electron chi connectivity index (χ0n) is 18.0. The smallest absolute Gasteiger partial charge is 0.321 e. The molecule has 166 valence electrons. The molecular formula is C26H22ClN3O3. The van der Waals surface area contributed by atoms with E-state index in [0.29, 0.717) is 22.9 Å². The molecule has 0 aliphatic carbocycles. The van der Waals surface area contributed by atoms with Crippen molar-refractivity contribution in [3.8, 4) is 28.6 Å². The van der Waals surface area contributed by atoms with E-state index in [-0.39, 0.29) is 11.9 Å². The van der Waals surface area contributed by atoms with Gasteiger partial charge in [-0.1, -0.05) is 35.9 Å². The highest BCUT2D eigenvalue weighted by Gasteiger charge is 2.07. The van der Waals surface area contributed by atoms with Gasteiger partial charge in [0.25, 0.3) is 5.91 Å². The topological polar surface area (TPSA) is 73.3 Å². The second kappa shape index (κ2) is 10.6. The molecule has 0 atom stereocenters. The van der Waals surface area contributed by atoms with Gasteiger partial charge in [0, 0.05) is 35.1 Å². The Morgan fingerprint density at radius 2 is 1.48 bits per heavy atom. The summed E-state index contributed by atoms with van der Waals surface area (Å²) >= 11 is 5.90. The van der Waals surface area contributed by atoms with E-state index in [1.807, 2.05) is 36.4 Å². The highest BCUT2D eigenvalue weighted by atomic mass is 35.5. The minimum absolute atomic E-state index is 0.116. The Morgan fingerprint density at radius 1 is 0.848 bits per heavy atom. The molecule has 1 N–H and O–H groups in total. The van der Waals surface area contributed by atoms with Gasteiger partial charge in [-0.25, -0.2) is 9.97 Å². The Labute approximate surface area is 197 Å². The third-order valence-electron chi connectivity index (χ3n) is 4.99. The number of aromatic nitrogens is 2. The Balaban J connectivity index is 1.32. The van der Waals surface area contributed by atoms with Gasteiger partial charge in [-0.15, -0.1) is 0 Å². The Hall–Kier alpha value is -3.90. The highest BCUT2D eigenvalue weighted by Crippen LogP contribution is 2.23. The monoisotopic (exact) mass is 459 g/mol. The maximum Gasteiger partial charge on any atom is 0.321 e. The lowest BCUT2D eigenvalue weighted by atomic mass is 10.1. The van der Waals surface area contributed by atoms with Crippen LogP contribution < -0.4 is 14.8 Å². The van der Waals surface area contributed by atoms with Crippen LogP contribution in [0.15, 0.2) is 85.2 Å². The zero-order chi connectivity index (χ0) is 23.0. The summed E-state index contributed by atoms with van der Waals surface area (Å²) in [6, 6.07) is 22.4. The number of hydrogen-bond acceptors (Lipinski definition) is 5. The number of amides is 1. The van der Waals surface area contributed by atoms with E-state index in [0.717, 1.165) is 28.9 Å². The van der Waals surface area contributed by atoms with Crippen molar-refractivity contribution in [3.05, 3.63) is 101 Å². The van der Waals surface area contributed by atoms with Gasteiger partial charge in [-0.2, -0.15) is 0 Å². The van der Waals surface area contributed by atoms with E-state index in [1.165, 1.54) is 0 Å². The Kier molecular flexibility index (Phi) is 7.17. The van der Waals surface area contributed by atoms with Crippen molar-refractivity contribution in [2.75, 3.05) is 13.7 Å². The number of carbonyl (C=O) groups is 1. The first kappa shape index (κ1) is 22.3. The highest BCUT2D eigenvalue weighted by molar-refractivity contribution is 6.30. The van der Waals surface area contributed by atoms with E-state index in [1.54, 1.807) is 55.9 Å². The first-order valence-corrected chi connectivity index (χ1v) is 10.8.